The van der Waals surface area contributed by atoms with Crippen molar-refractivity contribution in [1.29, 1.82) is 0 Å². The third kappa shape index (κ3) is 6.80. The Morgan fingerprint density at radius 3 is 2.43 bits per heavy atom. The van der Waals surface area contributed by atoms with Gasteiger partial charge in [-0.2, -0.15) is 0 Å². The Morgan fingerprint density at radius 1 is 1.11 bits per heavy atom. The number of halogens is 2. The Bertz CT molecular complexity index is 889. The van der Waals surface area contributed by atoms with E-state index in [-0.39, 0.29) is 49.9 Å². The van der Waals surface area contributed by atoms with Crippen LogP contribution in [0.2, 0.25) is 0 Å². The molecule has 0 heterocycles. The lowest BCUT2D eigenvalue weighted by atomic mass is 10.2. The predicted molar refractivity (Wildman–Crippen MR) is 103 cm³/mol. The van der Waals surface area contributed by atoms with Crippen LogP contribution in [0.5, 0.6) is 5.75 Å². The van der Waals surface area contributed by atoms with Gasteiger partial charge in [0.25, 0.3) is 0 Å². The number of ether oxygens (including phenoxy) is 1. The zero-order valence-electron chi connectivity index (χ0n) is 15.4. The molecule has 0 aromatic heterocycles. The maximum Gasteiger partial charge on any atom is 0.232 e. The van der Waals surface area contributed by atoms with Gasteiger partial charge in [0.05, 0.1) is 18.5 Å². The zero-order valence-corrected chi connectivity index (χ0v) is 16.2. The van der Waals surface area contributed by atoms with Gasteiger partial charge in [-0.1, -0.05) is 12.1 Å². The number of nitrogens with one attached hydrogen (secondary N) is 1. The summed E-state index contributed by atoms with van der Waals surface area (Å²) in [5.41, 5.74) is -0.0434. The molecule has 9 heteroatoms. The Labute approximate surface area is 163 Å². The number of hydrogen-bond acceptors (Lipinski definition) is 4. The van der Waals surface area contributed by atoms with Crippen LogP contribution in [0.4, 0.5) is 14.5 Å². The van der Waals surface area contributed by atoms with Crippen molar-refractivity contribution in [2.45, 2.75) is 12.8 Å². The van der Waals surface area contributed by atoms with Gasteiger partial charge in [-0.05, 0) is 42.8 Å². The molecule has 152 valence electrons. The average Bonchev–Trinajstić information content (AvgIpc) is 2.64. The summed E-state index contributed by atoms with van der Waals surface area (Å²) >= 11 is 0. The summed E-state index contributed by atoms with van der Waals surface area (Å²) in [5, 5.41) is 2.65. The quantitative estimate of drug-likeness (QED) is 0.609. The molecule has 28 heavy (non-hydrogen) atoms. The number of para-hydroxylation sites is 1. The van der Waals surface area contributed by atoms with Crippen LogP contribution < -0.4 is 14.4 Å². The molecule has 2 aromatic carbocycles. The van der Waals surface area contributed by atoms with Crippen molar-refractivity contribution in [1.82, 2.24) is 5.32 Å². The van der Waals surface area contributed by atoms with Gasteiger partial charge in [0.2, 0.25) is 15.9 Å². The second kappa shape index (κ2) is 10.0. The number of hydrogen-bond donors (Lipinski definition) is 1. The van der Waals surface area contributed by atoms with E-state index in [0.717, 1.165) is 10.6 Å². The largest absolute Gasteiger partial charge is 0.492 e. The van der Waals surface area contributed by atoms with Gasteiger partial charge in [0.1, 0.15) is 24.0 Å². The van der Waals surface area contributed by atoms with E-state index in [1.54, 1.807) is 6.07 Å². The number of sulfonamides is 1. The van der Waals surface area contributed by atoms with Crippen molar-refractivity contribution in [3.05, 3.63) is 60.2 Å². The molecular weight excluding hydrogens is 390 g/mol. The zero-order chi connectivity index (χ0) is 20.6. The van der Waals surface area contributed by atoms with Crippen molar-refractivity contribution in [2.75, 3.05) is 30.3 Å². The highest BCUT2D eigenvalue weighted by molar-refractivity contribution is 7.92. The Hall–Kier alpha value is -2.68. The predicted octanol–water partition coefficient (Wildman–Crippen LogP) is 2.71. The van der Waals surface area contributed by atoms with Crippen LogP contribution in [0.15, 0.2) is 48.5 Å². The molecule has 0 spiro atoms. The number of amides is 1. The summed E-state index contributed by atoms with van der Waals surface area (Å²) in [7, 11) is -3.68. The van der Waals surface area contributed by atoms with Crippen molar-refractivity contribution in [3.8, 4) is 5.75 Å². The highest BCUT2D eigenvalue weighted by Crippen LogP contribution is 2.21. The molecule has 0 saturated heterocycles. The van der Waals surface area contributed by atoms with E-state index < -0.39 is 15.8 Å². The lowest BCUT2D eigenvalue weighted by molar-refractivity contribution is -0.121. The van der Waals surface area contributed by atoms with Crippen LogP contribution in [0.1, 0.15) is 12.8 Å². The second-order valence-corrected chi connectivity index (χ2v) is 7.95. The molecule has 2 rings (SSSR count). The van der Waals surface area contributed by atoms with Crippen LogP contribution in [0.3, 0.4) is 0 Å². The first-order valence-corrected chi connectivity index (χ1v) is 10.5. The number of carbonyl (C=O) groups is 1. The van der Waals surface area contributed by atoms with E-state index in [2.05, 4.69) is 5.32 Å². The fourth-order valence-electron chi connectivity index (χ4n) is 2.48. The van der Waals surface area contributed by atoms with Gasteiger partial charge in [0.15, 0.2) is 0 Å². The maximum absolute atomic E-state index is 13.9. The maximum atomic E-state index is 13.9. The lowest BCUT2D eigenvalue weighted by Crippen LogP contribution is -2.33. The van der Waals surface area contributed by atoms with E-state index >= 15 is 0 Å². The molecule has 0 aliphatic carbocycles. The first kappa shape index (κ1) is 21.6. The topological polar surface area (TPSA) is 75.7 Å². The molecule has 0 unspecified atom stereocenters. The number of anilines is 1. The van der Waals surface area contributed by atoms with Gasteiger partial charge in [-0.25, -0.2) is 17.2 Å². The number of nitrogens with zero attached hydrogens (tertiary/aromatic N) is 1. The van der Waals surface area contributed by atoms with E-state index in [0.29, 0.717) is 5.75 Å². The minimum absolute atomic E-state index is 0.0146. The van der Waals surface area contributed by atoms with Crippen molar-refractivity contribution >= 4 is 21.6 Å². The summed E-state index contributed by atoms with van der Waals surface area (Å²) in [6.45, 7) is 0.445. The molecule has 0 atom stereocenters. The van der Waals surface area contributed by atoms with E-state index in [1.807, 2.05) is 0 Å². The first-order valence-electron chi connectivity index (χ1n) is 8.64. The van der Waals surface area contributed by atoms with Crippen molar-refractivity contribution in [2.24, 2.45) is 0 Å². The van der Waals surface area contributed by atoms with Gasteiger partial charge >= 0.3 is 0 Å². The number of carbonyl (C=O) groups excluding carboxylic acids is 1. The summed E-state index contributed by atoms with van der Waals surface area (Å²) in [6.07, 6.45) is 1.30. The molecule has 1 N–H and O–H groups in total. The first-order chi connectivity index (χ1) is 13.3. The summed E-state index contributed by atoms with van der Waals surface area (Å²) in [5.74, 6) is -0.788. The lowest BCUT2D eigenvalue weighted by Gasteiger charge is -2.22. The summed E-state index contributed by atoms with van der Waals surface area (Å²) in [4.78, 5) is 11.9. The molecule has 0 fully saturated rings. The van der Waals surface area contributed by atoms with E-state index in [9.17, 15) is 22.0 Å². The van der Waals surface area contributed by atoms with Crippen LogP contribution in [-0.4, -0.2) is 40.3 Å². The molecule has 2 aromatic rings. The average molecular weight is 412 g/mol. The highest BCUT2D eigenvalue weighted by Gasteiger charge is 2.20. The van der Waals surface area contributed by atoms with Crippen molar-refractivity contribution in [3.63, 3.8) is 0 Å². The van der Waals surface area contributed by atoms with E-state index in [4.69, 9.17) is 4.74 Å². The standard InChI is InChI=1S/C19H22F2N2O4S/c1-28(25,26)23(18-6-3-2-5-17(18)21)13-4-7-19(24)22-12-14-27-16-10-8-15(20)9-11-16/h2-3,5-6,8-11H,4,7,12-14H2,1H3,(H,22,24). The van der Waals surface area contributed by atoms with Crippen LogP contribution >= 0.6 is 0 Å². The summed E-state index contributed by atoms with van der Waals surface area (Å²) in [6, 6.07) is 11.1. The fourth-order valence-corrected chi connectivity index (χ4v) is 3.45. The molecule has 0 aliphatic rings. The highest BCUT2D eigenvalue weighted by atomic mass is 32.2. The molecular formula is C19H22F2N2O4S. The van der Waals surface area contributed by atoms with Crippen LogP contribution in [-0.2, 0) is 14.8 Å². The minimum atomic E-state index is -3.68. The number of benzene rings is 2. The smallest absolute Gasteiger partial charge is 0.232 e. The monoisotopic (exact) mass is 412 g/mol. The molecule has 0 saturated carbocycles. The van der Waals surface area contributed by atoms with Gasteiger partial charge in [-0.3, -0.25) is 9.10 Å². The minimum Gasteiger partial charge on any atom is -0.492 e. The fraction of sp³-hybridized carbons (Fsp3) is 0.316. The summed E-state index contributed by atoms with van der Waals surface area (Å²) < 4.78 is 56.9. The van der Waals surface area contributed by atoms with Gasteiger partial charge in [-0.15, -0.1) is 0 Å². The SMILES string of the molecule is CS(=O)(=O)N(CCCC(=O)NCCOc1ccc(F)cc1)c1ccccc1F. The Balaban J connectivity index is 1.75. The third-order valence-electron chi connectivity index (χ3n) is 3.79. The van der Waals surface area contributed by atoms with Gasteiger partial charge in [0, 0.05) is 13.0 Å². The van der Waals surface area contributed by atoms with Crippen molar-refractivity contribution < 1.29 is 26.7 Å². The van der Waals surface area contributed by atoms with Crippen LogP contribution in [0.25, 0.3) is 0 Å². The second-order valence-electron chi connectivity index (χ2n) is 6.04. The normalized spacial score (nSPS) is 11.1. The number of rotatable bonds is 10. The molecule has 6 nitrogen and oxygen atoms in total. The van der Waals surface area contributed by atoms with E-state index in [1.165, 1.54) is 42.5 Å². The Kier molecular flexibility index (Phi) is 7.74. The molecule has 1 amide bonds. The van der Waals surface area contributed by atoms with Gasteiger partial charge < -0.3 is 10.1 Å². The molecule has 0 bridgehead atoms. The van der Waals surface area contributed by atoms with Crippen LogP contribution in [0, 0.1) is 11.6 Å². The molecule has 0 aliphatic heterocycles. The Morgan fingerprint density at radius 2 is 1.79 bits per heavy atom. The molecule has 0 radical (unpaired) electrons. The third-order valence-corrected chi connectivity index (χ3v) is 4.97.